The number of hydrogen-bond acceptors (Lipinski definition) is 4. The third-order valence-electron chi connectivity index (χ3n) is 3.01. The van der Waals surface area contributed by atoms with Crippen LogP contribution in [-0.2, 0) is 11.3 Å². The topological polar surface area (TPSA) is 88.5 Å². The lowest BCUT2D eigenvalue weighted by atomic mass is 10.2. The summed E-state index contributed by atoms with van der Waals surface area (Å²) < 4.78 is 2.60. The van der Waals surface area contributed by atoms with Crippen molar-refractivity contribution in [2.24, 2.45) is 0 Å². The summed E-state index contributed by atoms with van der Waals surface area (Å²) >= 11 is 3.32. The van der Waals surface area contributed by atoms with Crippen LogP contribution >= 0.6 is 15.9 Å². The molecule has 0 aliphatic carbocycles. The molecule has 0 atom stereocenters. The Morgan fingerprint density at radius 1 is 1.36 bits per heavy atom. The largest absolute Gasteiger partial charge is 0.309 e. The van der Waals surface area contributed by atoms with Crippen molar-refractivity contribution in [2.45, 2.75) is 13.0 Å². The molecule has 22 heavy (non-hydrogen) atoms. The van der Waals surface area contributed by atoms with Gasteiger partial charge in [0.1, 0.15) is 0 Å². The summed E-state index contributed by atoms with van der Waals surface area (Å²) in [5, 5.41) is 13.8. The molecule has 0 radical (unpaired) electrons. The van der Waals surface area contributed by atoms with Gasteiger partial charge in [0.25, 0.3) is 0 Å². The van der Waals surface area contributed by atoms with Gasteiger partial charge in [0.2, 0.25) is 5.91 Å². The normalized spacial score (nSPS) is 10.6. The first-order valence-corrected chi connectivity index (χ1v) is 7.43. The monoisotopic (exact) mass is 360 g/mol. The number of nitrogens with zero attached hydrogens (tertiary/aromatic N) is 4. The van der Waals surface area contributed by atoms with E-state index in [9.17, 15) is 4.79 Å². The van der Waals surface area contributed by atoms with Crippen molar-refractivity contribution in [3.63, 3.8) is 0 Å². The zero-order valence-corrected chi connectivity index (χ0v) is 13.1. The van der Waals surface area contributed by atoms with Crippen molar-refractivity contribution in [3.8, 4) is 11.3 Å². The number of rotatable bonds is 5. The van der Waals surface area contributed by atoms with Gasteiger partial charge in [0.15, 0.2) is 5.82 Å². The highest BCUT2D eigenvalue weighted by atomic mass is 79.9. The minimum Gasteiger partial charge on any atom is -0.309 e. The van der Waals surface area contributed by atoms with Gasteiger partial charge in [-0.2, -0.15) is 10.2 Å². The second-order valence-electron chi connectivity index (χ2n) is 4.62. The van der Waals surface area contributed by atoms with E-state index in [4.69, 9.17) is 0 Å². The second-order valence-corrected chi connectivity index (χ2v) is 5.54. The molecule has 0 unspecified atom stereocenters. The van der Waals surface area contributed by atoms with Crippen molar-refractivity contribution in [1.82, 2.24) is 25.0 Å². The number of carbonyl (C=O) groups is 1. The van der Waals surface area contributed by atoms with E-state index in [-0.39, 0.29) is 5.91 Å². The summed E-state index contributed by atoms with van der Waals surface area (Å²) in [6.45, 7) is 0.513. The number of pyridine rings is 1. The van der Waals surface area contributed by atoms with E-state index in [1.54, 1.807) is 29.3 Å². The molecule has 0 bridgehead atoms. The molecule has 0 aromatic carbocycles. The van der Waals surface area contributed by atoms with Crippen LogP contribution in [0.5, 0.6) is 0 Å². The van der Waals surface area contributed by atoms with Gasteiger partial charge in [0, 0.05) is 43.2 Å². The lowest BCUT2D eigenvalue weighted by Gasteiger charge is -2.02. The van der Waals surface area contributed by atoms with Crippen molar-refractivity contribution in [2.75, 3.05) is 5.32 Å². The molecule has 3 heterocycles. The van der Waals surface area contributed by atoms with Crippen molar-refractivity contribution in [3.05, 3.63) is 47.5 Å². The number of halogens is 1. The summed E-state index contributed by atoms with van der Waals surface area (Å²) in [6, 6.07) is 5.53. The van der Waals surface area contributed by atoms with Crippen LogP contribution in [0.2, 0.25) is 0 Å². The van der Waals surface area contributed by atoms with E-state index in [1.807, 2.05) is 18.3 Å². The first-order chi connectivity index (χ1) is 10.7. The molecule has 8 heteroatoms. The summed E-state index contributed by atoms with van der Waals surface area (Å²) in [5.74, 6) is 0.387. The summed E-state index contributed by atoms with van der Waals surface area (Å²) in [5.41, 5.74) is 1.79. The number of H-pyrrole nitrogens is 1. The standard InChI is InChI=1S/C14H13BrN6O/c15-11-8-17-21(9-11)6-3-14(22)18-13-7-12(19-20-13)10-1-4-16-5-2-10/h1-2,4-5,7-9H,3,6H2,(H2,18,19,20,22). The summed E-state index contributed by atoms with van der Waals surface area (Å²) in [6.07, 6.45) is 7.24. The number of aryl methyl sites for hydroxylation is 1. The highest BCUT2D eigenvalue weighted by Crippen LogP contribution is 2.18. The van der Waals surface area contributed by atoms with Crippen molar-refractivity contribution < 1.29 is 4.79 Å². The molecule has 0 aliphatic rings. The zero-order valence-electron chi connectivity index (χ0n) is 11.5. The fraction of sp³-hybridized carbons (Fsp3) is 0.143. The third-order valence-corrected chi connectivity index (χ3v) is 3.42. The Hall–Kier alpha value is -2.48. The van der Waals surface area contributed by atoms with Gasteiger partial charge in [-0.1, -0.05) is 0 Å². The van der Waals surface area contributed by atoms with Crippen LogP contribution in [-0.4, -0.2) is 30.9 Å². The fourth-order valence-corrected chi connectivity index (χ4v) is 2.28. The van der Waals surface area contributed by atoms with E-state index in [2.05, 4.69) is 41.5 Å². The molecule has 7 nitrogen and oxygen atoms in total. The molecule has 112 valence electrons. The van der Waals surface area contributed by atoms with Crippen LogP contribution in [0.1, 0.15) is 6.42 Å². The van der Waals surface area contributed by atoms with E-state index in [0.29, 0.717) is 18.8 Å². The van der Waals surface area contributed by atoms with E-state index < -0.39 is 0 Å². The number of aromatic amines is 1. The Balaban J connectivity index is 1.57. The van der Waals surface area contributed by atoms with Gasteiger partial charge in [-0.15, -0.1) is 0 Å². The molecule has 0 saturated heterocycles. The number of amides is 1. The van der Waals surface area contributed by atoms with E-state index in [1.165, 1.54) is 0 Å². The maximum atomic E-state index is 11.9. The van der Waals surface area contributed by atoms with Crippen LogP contribution in [0, 0.1) is 0 Å². The quantitative estimate of drug-likeness (QED) is 0.731. The van der Waals surface area contributed by atoms with E-state index in [0.717, 1.165) is 15.7 Å². The SMILES string of the molecule is O=C(CCn1cc(Br)cn1)Nc1cc(-c2ccncc2)[nH]n1. The van der Waals surface area contributed by atoms with Crippen molar-refractivity contribution in [1.29, 1.82) is 0 Å². The highest BCUT2D eigenvalue weighted by Gasteiger charge is 2.08. The number of hydrogen-bond donors (Lipinski definition) is 2. The van der Waals surface area contributed by atoms with Gasteiger partial charge >= 0.3 is 0 Å². The smallest absolute Gasteiger partial charge is 0.227 e. The first-order valence-electron chi connectivity index (χ1n) is 6.64. The van der Waals surface area contributed by atoms with Crippen LogP contribution in [0.4, 0.5) is 5.82 Å². The van der Waals surface area contributed by atoms with Gasteiger partial charge in [-0.25, -0.2) is 0 Å². The lowest BCUT2D eigenvalue weighted by Crippen LogP contribution is -2.14. The Labute approximate surface area is 134 Å². The summed E-state index contributed by atoms with van der Waals surface area (Å²) in [7, 11) is 0. The number of nitrogens with one attached hydrogen (secondary N) is 2. The maximum Gasteiger partial charge on any atom is 0.227 e. The van der Waals surface area contributed by atoms with Crippen LogP contribution in [0.15, 0.2) is 47.5 Å². The predicted molar refractivity (Wildman–Crippen MR) is 85.0 cm³/mol. The van der Waals surface area contributed by atoms with Gasteiger partial charge in [-0.05, 0) is 28.1 Å². The van der Waals surface area contributed by atoms with E-state index >= 15 is 0 Å². The molecular weight excluding hydrogens is 348 g/mol. The molecule has 0 saturated carbocycles. The Morgan fingerprint density at radius 3 is 2.91 bits per heavy atom. The third kappa shape index (κ3) is 3.59. The minimum atomic E-state index is -0.112. The zero-order chi connectivity index (χ0) is 15.4. The number of aromatic nitrogens is 5. The first kappa shape index (κ1) is 14.5. The average molecular weight is 361 g/mol. The van der Waals surface area contributed by atoms with Gasteiger partial charge in [0.05, 0.1) is 16.4 Å². The van der Waals surface area contributed by atoms with Crippen LogP contribution < -0.4 is 5.32 Å². The molecule has 1 amide bonds. The predicted octanol–water partition coefficient (Wildman–Crippen LogP) is 2.46. The second kappa shape index (κ2) is 6.52. The van der Waals surface area contributed by atoms with Crippen LogP contribution in [0.25, 0.3) is 11.3 Å². The minimum absolute atomic E-state index is 0.112. The number of anilines is 1. The molecule has 3 aromatic rings. The highest BCUT2D eigenvalue weighted by molar-refractivity contribution is 9.10. The van der Waals surface area contributed by atoms with Gasteiger partial charge in [-0.3, -0.25) is 19.6 Å². The summed E-state index contributed by atoms with van der Waals surface area (Å²) in [4.78, 5) is 15.9. The average Bonchev–Trinajstić information content (AvgIpc) is 3.15. The molecule has 0 spiro atoms. The lowest BCUT2D eigenvalue weighted by molar-refractivity contribution is -0.116. The molecular formula is C14H13BrN6O. The maximum absolute atomic E-state index is 11.9. The van der Waals surface area contributed by atoms with Gasteiger partial charge < -0.3 is 5.32 Å². The molecule has 3 aromatic heterocycles. The Morgan fingerprint density at radius 2 is 2.18 bits per heavy atom. The fourth-order valence-electron chi connectivity index (χ4n) is 1.95. The molecule has 3 rings (SSSR count). The molecule has 0 aliphatic heterocycles. The molecule has 0 fully saturated rings. The molecule has 2 N–H and O–H groups in total. The Bertz CT molecular complexity index is 767. The Kier molecular flexibility index (Phi) is 4.29. The van der Waals surface area contributed by atoms with Crippen molar-refractivity contribution >= 4 is 27.7 Å². The van der Waals surface area contributed by atoms with Crippen LogP contribution in [0.3, 0.4) is 0 Å². The number of carbonyl (C=O) groups excluding carboxylic acids is 1.